The van der Waals surface area contributed by atoms with Crippen LogP contribution in [-0.2, 0) is 14.3 Å². The van der Waals surface area contributed by atoms with E-state index in [0.717, 1.165) is 12.8 Å². The van der Waals surface area contributed by atoms with Gasteiger partial charge in [0.25, 0.3) is 0 Å². The van der Waals surface area contributed by atoms with Crippen molar-refractivity contribution in [1.82, 2.24) is 9.80 Å². The Morgan fingerprint density at radius 1 is 1.04 bits per heavy atom. The van der Waals surface area contributed by atoms with Gasteiger partial charge in [0.2, 0.25) is 0 Å². The standard InChI is InChI=1S/C18H32N2O5.Na/c1-2-3-4-5-6-7-16-19(10-8-17(21)22)11-12-20(16)13-15-25-14-9-18(23)24;/h11-12,16H,2-10,13-15H2,1H3,(H,21,22)(H,23,24);/q;+1/p-1. The molecule has 1 atom stereocenters. The second-order valence-electron chi connectivity index (χ2n) is 6.34. The van der Waals surface area contributed by atoms with Crippen molar-refractivity contribution in [2.45, 2.75) is 64.5 Å². The molecule has 0 aromatic rings. The van der Waals surface area contributed by atoms with Crippen LogP contribution in [0.25, 0.3) is 0 Å². The van der Waals surface area contributed by atoms with E-state index < -0.39 is 11.9 Å². The molecule has 0 fully saturated rings. The van der Waals surface area contributed by atoms with E-state index in [0.29, 0.717) is 19.7 Å². The van der Waals surface area contributed by atoms with Crippen molar-refractivity contribution < 1.29 is 54.1 Å². The van der Waals surface area contributed by atoms with E-state index >= 15 is 0 Å². The van der Waals surface area contributed by atoms with Crippen molar-refractivity contribution in [3.63, 3.8) is 0 Å². The van der Waals surface area contributed by atoms with Crippen molar-refractivity contribution in [3.05, 3.63) is 12.4 Å². The fourth-order valence-electron chi connectivity index (χ4n) is 2.92. The van der Waals surface area contributed by atoms with E-state index in [1.165, 1.54) is 25.7 Å². The molecule has 1 unspecified atom stereocenters. The van der Waals surface area contributed by atoms with Crippen LogP contribution in [0.4, 0.5) is 0 Å². The summed E-state index contributed by atoms with van der Waals surface area (Å²) >= 11 is 0. The molecule has 0 aromatic heterocycles. The van der Waals surface area contributed by atoms with Gasteiger partial charge < -0.3 is 29.5 Å². The number of carbonyl (C=O) groups excluding carboxylic acids is 1. The van der Waals surface area contributed by atoms with Crippen LogP contribution in [0.3, 0.4) is 0 Å². The van der Waals surface area contributed by atoms with E-state index in [1.54, 1.807) is 0 Å². The van der Waals surface area contributed by atoms with Gasteiger partial charge in [-0.2, -0.15) is 0 Å². The quantitative estimate of drug-likeness (QED) is 0.271. The molecule has 0 aliphatic carbocycles. The summed E-state index contributed by atoms with van der Waals surface area (Å²) in [6.45, 7) is 3.96. The van der Waals surface area contributed by atoms with Crippen molar-refractivity contribution in [3.8, 4) is 0 Å². The topological polar surface area (TPSA) is 93.1 Å². The minimum absolute atomic E-state index is 0. The van der Waals surface area contributed by atoms with Gasteiger partial charge in [-0.05, 0) is 12.8 Å². The van der Waals surface area contributed by atoms with Crippen LogP contribution < -0.4 is 34.7 Å². The molecule has 0 bridgehead atoms. The molecule has 1 rings (SSSR count). The number of carbonyl (C=O) groups is 2. The Hall–Kier alpha value is -0.760. The molecule has 1 aliphatic heterocycles. The predicted octanol–water partition coefficient (Wildman–Crippen LogP) is -1.60. The summed E-state index contributed by atoms with van der Waals surface area (Å²) < 4.78 is 5.37. The van der Waals surface area contributed by atoms with Crippen molar-refractivity contribution in [1.29, 1.82) is 0 Å². The molecular weight excluding hydrogens is 347 g/mol. The van der Waals surface area contributed by atoms with Crippen LogP contribution >= 0.6 is 0 Å². The third kappa shape index (κ3) is 11.1. The first-order chi connectivity index (χ1) is 12.0. The zero-order valence-electron chi connectivity index (χ0n) is 16.2. The molecule has 1 aliphatic rings. The summed E-state index contributed by atoms with van der Waals surface area (Å²) in [5.74, 6) is -1.90. The van der Waals surface area contributed by atoms with E-state index in [9.17, 15) is 14.7 Å². The molecule has 7 nitrogen and oxygen atoms in total. The molecule has 0 radical (unpaired) electrons. The third-order valence-corrected chi connectivity index (χ3v) is 4.31. The van der Waals surface area contributed by atoms with Gasteiger partial charge in [0.05, 0.1) is 19.6 Å². The molecule has 1 N–H and O–H groups in total. The van der Waals surface area contributed by atoms with E-state index in [-0.39, 0.29) is 55.2 Å². The molecule has 8 heteroatoms. The zero-order chi connectivity index (χ0) is 18.5. The number of hydrogen-bond acceptors (Lipinski definition) is 6. The second-order valence-corrected chi connectivity index (χ2v) is 6.34. The summed E-state index contributed by atoms with van der Waals surface area (Å²) in [6, 6.07) is 0. The maximum atomic E-state index is 10.7. The zero-order valence-corrected chi connectivity index (χ0v) is 18.2. The van der Waals surface area contributed by atoms with Gasteiger partial charge in [-0.15, -0.1) is 0 Å². The molecular formula is C18H31N2NaO5. The fourth-order valence-corrected chi connectivity index (χ4v) is 2.92. The number of unbranched alkanes of at least 4 members (excludes halogenated alkanes) is 4. The number of rotatable bonds is 15. The average Bonchev–Trinajstić information content (AvgIpc) is 2.94. The number of aliphatic carboxylic acids is 2. The fraction of sp³-hybridized carbons (Fsp3) is 0.778. The van der Waals surface area contributed by atoms with Gasteiger partial charge in [-0.1, -0.05) is 32.6 Å². The van der Waals surface area contributed by atoms with E-state index in [4.69, 9.17) is 9.84 Å². The van der Waals surface area contributed by atoms with E-state index in [1.807, 2.05) is 17.3 Å². The Kier molecular flexibility index (Phi) is 14.9. The first-order valence-corrected chi connectivity index (χ1v) is 9.23. The first-order valence-electron chi connectivity index (χ1n) is 9.23. The molecule has 0 saturated heterocycles. The Morgan fingerprint density at radius 2 is 1.69 bits per heavy atom. The van der Waals surface area contributed by atoms with Crippen LogP contribution in [0.2, 0.25) is 0 Å². The smallest absolute Gasteiger partial charge is 0.550 e. The Morgan fingerprint density at radius 3 is 2.31 bits per heavy atom. The van der Waals surface area contributed by atoms with Crippen molar-refractivity contribution >= 4 is 11.9 Å². The van der Waals surface area contributed by atoms with Gasteiger partial charge in [-0.25, -0.2) is 0 Å². The second kappa shape index (κ2) is 15.3. The number of carboxylic acid groups (broad SMARTS) is 2. The molecule has 0 spiro atoms. The molecule has 0 saturated carbocycles. The summed E-state index contributed by atoms with van der Waals surface area (Å²) in [5, 5.41) is 19.3. The summed E-state index contributed by atoms with van der Waals surface area (Å²) in [5.41, 5.74) is 0. The number of carboxylic acids is 2. The van der Waals surface area contributed by atoms with Gasteiger partial charge in [0, 0.05) is 37.9 Å². The Bertz CT molecular complexity index is 434. The molecule has 26 heavy (non-hydrogen) atoms. The van der Waals surface area contributed by atoms with Gasteiger partial charge in [0.15, 0.2) is 0 Å². The van der Waals surface area contributed by atoms with Crippen LogP contribution in [0.15, 0.2) is 12.4 Å². The Balaban J connectivity index is 0.00000625. The summed E-state index contributed by atoms with van der Waals surface area (Å²) in [4.78, 5) is 25.4. The number of nitrogens with zero attached hydrogens (tertiary/aromatic N) is 2. The minimum Gasteiger partial charge on any atom is -0.550 e. The first kappa shape index (κ1) is 25.2. The molecule has 1 heterocycles. The minimum atomic E-state index is -1.04. The Labute approximate surface area is 178 Å². The van der Waals surface area contributed by atoms with Crippen LogP contribution in [0, 0.1) is 0 Å². The van der Waals surface area contributed by atoms with E-state index in [2.05, 4.69) is 11.8 Å². The van der Waals surface area contributed by atoms with Gasteiger partial charge in [0.1, 0.15) is 6.17 Å². The maximum absolute atomic E-state index is 10.7. The van der Waals surface area contributed by atoms with Crippen molar-refractivity contribution in [2.75, 3.05) is 26.3 Å². The monoisotopic (exact) mass is 378 g/mol. The predicted molar refractivity (Wildman–Crippen MR) is 92.4 cm³/mol. The van der Waals surface area contributed by atoms with Gasteiger partial charge >= 0.3 is 35.5 Å². The molecule has 144 valence electrons. The van der Waals surface area contributed by atoms with Crippen LogP contribution in [-0.4, -0.2) is 59.3 Å². The van der Waals surface area contributed by atoms with Gasteiger partial charge in [-0.3, -0.25) is 4.79 Å². The maximum Gasteiger partial charge on any atom is 1.00 e. The van der Waals surface area contributed by atoms with Crippen molar-refractivity contribution in [2.24, 2.45) is 0 Å². The summed E-state index contributed by atoms with van der Waals surface area (Å²) in [7, 11) is 0. The molecule has 0 aromatic carbocycles. The third-order valence-electron chi connectivity index (χ3n) is 4.31. The SMILES string of the molecule is CCCCCCCC1N(CCOCCC(=O)O)C=CN1CCC(=O)[O-].[Na+]. The van der Waals surface area contributed by atoms with Crippen LogP contribution in [0.1, 0.15) is 58.3 Å². The largest absolute Gasteiger partial charge is 1.00 e. The van der Waals surface area contributed by atoms with Crippen LogP contribution in [0.5, 0.6) is 0 Å². The number of hydrogen-bond donors (Lipinski definition) is 1. The summed E-state index contributed by atoms with van der Waals surface area (Å²) in [6.07, 6.45) is 11.0. The molecule has 0 amide bonds. The number of ether oxygens (including phenoxy) is 1. The normalized spacial score (nSPS) is 16.0. The average molecular weight is 378 g/mol.